The van der Waals surface area contributed by atoms with E-state index in [1.807, 2.05) is 31.2 Å². The molecule has 0 amide bonds. The maximum Gasteiger partial charge on any atom is 0.119 e. The molecule has 0 saturated carbocycles. The summed E-state index contributed by atoms with van der Waals surface area (Å²) in [5.74, 6) is 0.852. The van der Waals surface area contributed by atoms with Crippen LogP contribution in [0, 0.1) is 0 Å². The largest absolute Gasteiger partial charge is 0.494 e. The fraction of sp³-hybridized carbons (Fsp3) is 0.600. The van der Waals surface area contributed by atoms with Gasteiger partial charge in [0.05, 0.1) is 24.9 Å². The highest BCUT2D eigenvalue weighted by molar-refractivity contribution is 5.28. The predicted molar refractivity (Wildman–Crippen MR) is 76.3 cm³/mol. The molecule has 1 aromatic rings. The predicted octanol–water partition coefficient (Wildman–Crippen LogP) is 2.26. The van der Waals surface area contributed by atoms with Crippen molar-refractivity contribution >= 4 is 0 Å². The highest BCUT2D eigenvalue weighted by Gasteiger charge is 2.17. The van der Waals surface area contributed by atoms with Crippen molar-refractivity contribution in [3.8, 4) is 5.75 Å². The fourth-order valence-corrected chi connectivity index (χ4v) is 1.64. The summed E-state index contributed by atoms with van der Waals surface area (Å²) in [6.07, 6.45) is 0.0259. The summed E-state index contributed by atoms with van der Waals surface area (Å²) < 4.78 is 11.3. The minimum Gasteiger partial charge on any atom is -0.494 e. The first kappa shape index (κ1) is 16.0. The Bertz CT molecular complexity index is 351. The lowest BCUT2D eigenvalue weighted by Crippen LogP contribution is -2.28. The topological polar surface area (TPSA) is 64.7 Å². The van der Waals surface area contributed by atoms with E-state index >= 15 is 0 Å². The normalized spacial score (nSPS) is 15.8. The van der Waals surface area contributed by atoms with Gasteiger partial charge in [-0.15, -0.1) is 0 Å². The van der Waals surface area contributed by atoms with Crippen molar-refractivity contribution in [2.45, 2.75) is 45.5 Å². The number of rotatable bonds is 8. The Labute approximate surface area is 115 Å². The molecule has 0 bridgehead atoms. The number of benzene rings is 1. The molecular weight excluding hydrogens is 242 g/mol. The SMILES string of the molecule is CCCOc1ccc(C(CN)OC(C)C(C)O)cc1. The van der Waals surface area contributed by atoms with Crippen LogP contribution in [0.1, 0.15) is 38.9 Å². The quantitative estimate of drug-likeness (QED) is 0.758. The molecule has 1 rings (SSSR count). The van der Waals surface area contributed by atoms with Crippen LogP contribution in [0.2, 0.25) is 0 Å². The van der Waals surface area contributed by atoms with Crippen LogP contribution in [0.4, 0.5) is 0 Å². The highest BCUT2D eigenvalue weighted by Crippen LogP contribution is 2.22. The molecule has 0 aromatic heterocycles. The molecule has 3 N–H and O–H groups in total. The zero-order valence-corrected chi connectivity index (χ0v) is 12.0. The van der Waals surface area contributed by atoms with Crippen molar-refractivity contribution in [1.82, 2.24) is 0 Å². The van der Waals surface area contributed by atoms with Gasteiger partial charge in [-0.1, -0.05) is 19.1 Å². The van der Waals surface area contributed by atoms with E-state index in [4.69, 9.17) is 15.2 Å². The lowest BCUT2D eigenvalue weighted by Gasteiger charge is -2.23. The van der Waals surface area contributed by atoms with Gasteiger partial charge in [-0.2, -0.15) is 0 Å². The summed E-state index contributed by atoms with van der Waals surface area (Å²) in [6.45, 7) is 6.72. The summed E-state index contributed by atoms with van der Waals surface area (Å²) in [5, 5.41) is 9.47. The molecule has 0 spiro atoms. The van der Waals surface area contributed by atoms with Gasteiger partial charge in [0, 0.05) is 6.54 Å². The van der Waals surface area contributed by atoms with E-state index in [-0.39, 0.29) is 12.2 Å². The summed E-state index contributed by atoms with van der Waals surface area (Å²) in [5.41, 5.74) is 6.73. The summed E-state index contributed by atoms with van der Waals surface area (Å²) in [4.78, 5) is 0. The molecular formula is C15H25NO3. The standard InChI is InChI=1S/C15H25NO3/c1-4-9-18-14-7-5-13(6-8-14)15(10-16)19-12(3)11(2)17/h5-8,11-12,15,17H,4,9-10,16H2,1-3H3. The second kappa shape index (κ2) is 8.15. The smallest absolute Gasteiger partial charge is 0.119 e. The highest BCUT2D eigenvalue weighted by atomic mass is 16.5. The van der Waals surface area contributed by atoms with E-state index < -0.39 is 6.10 Å². The maximum absolute atomic E-state index is 9.47. The first-order chi connectivity index (χ1) is 9.08. The fourth-order valence-electron chi connectivity index (χ4n) is 1.64. The van der Waals surface area contributed by atoms with E-state index in [1.54, 1.807) is 6.92 Å². The van der Waals surface area contributed by atoms with Gasteiger partial charge in [0.1, 0.15) is 5.75 Å². The molecule has 4 heteroatoms. The minimum atomic E-state index is -0.513. The summed E-state index contributed by atoms with van der Waals surface area (Å²) in [6, 6.07) is 7.75. The van der Waals surface area contributed by atoms with E-state index in [0.29, 0.717) is 6.54 Å². The van der Waals surface area contributed by atoms with Crippen molar-refractivity contribution in [3.05, 3.63) is 29.8 Å². The van der Waals surface area contributed by atoms with Gasteiger partial charge in [0.15, 0.2) is 0 Å². The first-order valence-corrected chi connectivity index (χ1v) is 6.84. The van der Waals surface area contributed by atoms with Crippen LogP contribution in [-0.2, 0) is 4.74 Å². The number of ether oxygens (including phenoxy) is 2. The Balaban J connectivity index is 2.65. The van der Waals surface area contributed by atoms with Crippen LogP contribution in [-0.4, -0.2) is 30.5 Å². The summed E-state index contributed by atoms with van der Waals surface area (Å²) >= 11 is 0. The Morgan fingerprint density at radius 3 is 2.32 bits per heavy atom. The van der Waals surface area contributed by atoms with Gasteiger partial charge in [0.25, 0.3) is 0 Å². The van der Waals surface area contributed by atoms with Crippen molar-refractivity contribution in [1.29, 1.82) is 0 Å². The van der Waals surface area contributed by atoms with Gasteiger partial charge in [-0.05, 0) is 38.0 Å². The molecule has 0 radical (unpaired) electrons. The Kier molecular flexibility index (Phi) is 6.84. The van der Waals surface area contributed by atoms with Crippen molar-refractivity contribution in [3.63, 3.8) is 0 Å². The number of aliphatic hydroxyl groups is 1. The number of hydrogen-bond acceptors (Lipinski definition) is 4. The average Bonchev–Trinajstić information content (AvgIpc) is 2.42. The third-order valence-electron chi connectivity index (χ3n) is 3.00. The van der Waals surface area contributed by atoms with E-state index in [9.17, 15) is 5.11 Å². The zero-order valence-electron chi connectivity index (χ0n) is 12.0. The maximum atomic E-state index is 9.47. The van der Waals surface area contributed by atoms with E-state index in [1.165, 1.54) is 0 Å². The molecule has 0 heterocycles. The Morgan fingerprint density at radius 1 is 1.21 bits per heavy atom. The lowest BCUT2D eigenvalue weighted by molar-refractivity contribution is -0.0591. The number of nitrogens with two attached hydrogens (primary N) is 1. The molecule has 0 aliphatic rings. The third-order valence-corrected chi connectivity index (χ3v) is 3.00. The van der Waals surface area contributed by atoms with E-state index in [0.717, 1.165) is 24.3 Å². The third kappa shape index (κ3) is 5.19. The molecule has 0 aliphatic carbocycles. The molecule has 0 fully saturated rings. The monoisotopic (exact) mass is 267 g/mol. The van der Waals surface area contributed by atoms with E-state index in [2.05, 4.69) is 6.92 Å². The molecule has 3 atom stereocenters. The van der Waals surface area contributed by atoms with Crippen LogP contribution >= 0.6 is 0 Å². The van der Waals surface area contributed by atoms with Crippen LogP contribution < -0.4 is 10.5 Å². The molecule has 3 unspecified atom stereocenters. The molecule has 0 saturated heterocycles. The Hall–Kier alpha value is -1.10. The average molecular weight is 267 g/mol. The molecule has 108 valence electrons. The first-order valence-electron chi connectivity index (χ1n) is 6.84. The number of hydrogen-bond donors (Lipinski definition) is 2. The number of aliphatic hydroxyl groups excluding tert-OH is 1. The molecule has 19 heavy (non-hydrogen) atoms. The second-order valence-corrected chi connectivity index (χ2v) is 4.72. The Morgan fingerprint density at radius 2 is 1.84 bits per heavy atom. The van der Waals surface area contributed by atoms with Crippen LogP contribution in [0.5, 0.6) is 5.75 Å². The molecule has 1 aromatic carbocycles. The van der Waals surface area contributed by atoms with Gasteiger partial charge >= 0.3 is 0 Å². The van der Waals surface area contributed by atoms with Crippen LogP contribution in [0.25, 0.3) is 0 Å². The van der Waals surface area contributed by atoms with Crippen molar-refractivity contribution in [2.24, 2.45) is 5.73 Å². The van der Waals surface area contributed by atoms with Gasteiger partial charge in [0.2, 0.25) is 0 Å². The van der Waals surface area contributed by atoms with Crippen molar-refractivity contribution < 1.29 is 14.6 Å². The lowest BCUT2D eigenvalue weighted by atomic mass is 10.1. The van der Waals surface area contributed by atoms with Gasteiger partial charge in [-0.25, -0.2) is 0 Å². The second-order valence-electron chi connectivity index (χ2n) is 4.72. The summed E-state index contributed by atoms with van der Waals surface area (Å²) in [7, 11) is 0. The minimum absolute atomic E-state index is 0.204. The van der Waals surface area contributed by atoms with Crippen molar-refractivity contribution in [2.75, 3.05) is 13.2 Å². The van der Waals surface area contributed by atoms with Crippen LogP contribution in [0.3, 0.4) is 0 Å². The van der Waals surface area contributed by atoms with Gasteiger partial charge < -0.3 is 20.3 Å². The zero-order chi connectivity index (χ0) is 14.3. The molecule has 0 aliphatic heterocycles. The molecule has 4 nitrogen and oxygen atoms in total. The van der Waals surface area contributed by atoms with Crippen LogP contribution in [0.15, 0.2) is 24.3 Å². The van der Waals surface area contributed by atoms with Gasteiger partial charge in [-0.3, -0.25) is 0 Å².